The number of rotatable bonds is 6. The van der Waals surface area contributed by atoms with Gasteiger partial charge in [-0.3, -0.25) is 4.18 Å². The van der Waals surface area contributed by atoms with Gasteiger partial charge in [0.15, 0.2) is 0 Å². The second-order valence-electron chi connectivity index (χ2n) is 4.84. The van der Waals surface area contributed by atoms with E-state index in [0.29, 0.717) is 11.3 Å². The van der Waals surface area contributed by atoms with Gasteiger partial charge in [0.1, 0.15) is 11.9 Å². The van der Waals surface area contributed by atoms with Crippen molar-refractivity contribution in [2.24, 2.45) is 0 Å². The lowest BCUT2D eigenvalue weighted by molar-refractivity contribution is 0.111. The fraction of sp³-hybridized carbons (Fsp3) is 0.250. The van der Waals surface area contributed by atoms with Crippen molar-refractivity contribution < 1.29 is 22.4 Å². The van der Waals surface area contributed by atoms with Gasteiger partial charge in [-0.05, 0) is 36.8 Å². The minimum atomic E-state index is -3.89. The molecule has 22 heavy (non-hydrogen) atoms. The summed E-state index contributed by atoms with van der Waals surface area (Å²) >= 11 is 0. The van der Waals surface area contributed by atoms with Crippen LogP contribution in [0.4, 0.5) is 0 Å². The molecule has 0 saturated carbocycles. The Balaban J connectivity index is 2.06. The van der Waals surface area contributed by atoms with E-state index in [4.69, 9.17) is 8.92 Å². The normalized spacial score (nSPS) is 12.9. The van der Waals surface area contributed by atoms with Crippen LogP contribution in [0, 0.1) is 6.92 Å². The van der Waals surface area contributed by atoms with Crippen molar-refractivity contribution in [1.82, 2.24) is 0 Å². The maximum atomic E-state index is 12.0. The zero-order chi connectivity index (χ0) is 16.2. The molecule has 0 fully saturated rings. The van der Waals surface area contributed by atoms with Gasteiger partial charge in [0.2, 0.25) is 0 Å². The van der Waals surface area contributed by atoms with Gasteiger partial charge in [-0.15, -0.1) is 0 Å². The van der Waals surface area contributed by atoms with Crippen LogP contribution in [0.5, 0.6) is 5.75 Å². The Hall–Kier alpha value is -1.89. The number of methoxy groups -OCH3 is 1. The van der Waals surface area contributed by atoms with E-state index in [1.54, 1.807) is 36.4 Å². The first kappa shape index (κ1) is 16.5. The van der Waals surface area contributed by atoms with Crippen LogP contribution in [-0.4, -0.2) is 27.2 Å². The molecule has 0 aromatic heterocycles. The Bertz CT molecular complexity index is 722. The summed E-state index contributed by atoms with van der Waals surface area (Å²) in [5.41, 5.74) is 1.48. The van der Waals surface area contributed by atoms with Crippen LogP contribution in [0.15, 0.2) is 53.4 Å². The Morgan fingerprint density at radius 2 is 1.82 bits per heavy atom. The molecule has 0 heterocycles. The van der Waals surface area contributed by atoms with Crippen molar-refractivity contribution in [2.45, 2.75) is 17.9 Å². The molecule has 0 bridgehead atoms. The Labute approximate surface area is 130 Å². The fourth-order valence-electron chi connectivity index (χ4n) is 1.87. The highest BCUT2D eigenvalue weighted by molar-refractivity contribution is 7.86. The summed E-state index contributed by atoms with van der Waals surface area (Å²) < 4.78 is 34.1. The van der Waals surface area contributed by atoms with E-state index >= 15 is 0 Å². The number of aliphatic hydroxyl groups excluding tert-OH is 1. The average Bonchev–Trinajstić information content (AvgIpc) is 2.53. The van der Waals surface area contributed by atoms with Gasteiger partial charge >= 0.3 is 0 Å². The summed E-state index contributed by atoms with van der Waals surface area (Å²) in [5, 5.41) is 10.0. The number of hydrogen-bond donors (Lipinski definition) is 1. The van der Waals surface area contributed by atoms with Crippen LogP contribution in [0.1, 0.15) is 17.2 Å². The van der Waals surface area contributed by atoms with Crippen LogP contribution in [0.25, 0.3) is 0 Å². The van der Waals surface area contributed by atoms with Crippen molar-refractivity contribution in [3.8, 4) is 5.75 Å². The quantitative estimate of drug-likeness (QED) is 0.827. The van der Waals surface area contributed by atoms with Crippen molar-refractivity contribution in [3.05, 3.63) is 59.7 Å². The summed E-state index contributed by atoms with van der Waals surface area (Å²) in [6.45, 7) is 1.51. The van der Waals surface area contributed by atoms with Gasteiger partial charge in [-0.2, -0.15) is 8.42 Å². The maximum absolute atomic E-state index is 12.0. The highest BCUT2D eigenvalue weighted by atomic mass is 32.2. The monoisotopic (exact) mass is 322 g/mol. The molecule has 2 aromatic carbocycles. The van der Waals surface area contributed by atoms with Crippen LogP contribution >= 0.6 is 0 Å². The second kappa shape index (κ2) is 6.91. The molecule has 6 heteroatoms. The summed E-state index contributed by atoms with van der Waals surface area (Å²) in [7, 11) is -2.37. The summed E-state index contributed by atoms with van der Waals surface area (Å²) in [6.07, 6.45) is -1.06. The molecule has 0 aliphatic carbocycles. The standard InChI is InChI=1S/C16H18O5S/c1-12-6-8-15(9-7-12)22(18,19)21-11-16(17)13-4-3-5-14(10-13)20-2/h3-10,16-17H,11H2,1-2H3. The molecule has 0 saturated heterocycles. The lowest BCUT2D eigenvalue weighted by atomic mass is 10.1. The molecule has 5 nitrogen and oxygen atoms in total. The number of benzene rings is 2. The summed E-state index contributed by atoms with van der Waals surface area (Å²) in [4.78, 5) is 0.0657. The van der Waals surface area contributed by atoms with Gasteiger partial charge in [0, 0.05) is 0 Å². The highest BCUT2D eigenvalue weighted by Gasteiger charge is 2.18. The third-order valence-corrected chi connectivity index (χ3v) is 4.47. The molecule has 2 aromatic rings. The summed E-state index contributed by atoms with van der Waals surface area (Å²) in [6, 6.07) is 13.1. The van der Waals surface area contributed by atoms with E-state index in [1.165, 1.54) is 19.2 Å². The van der Waals surface area contributed by atoms with E-state index in [1.807, 2.05) is 6.92 Å². The Morgan fingerprint density at radius 3 is 2.45 bits per heavy atom. The van der Waals surface area contributed by atoms with E-state index in [0.717, 1.165) is 5.56 Å². The molecule has 1 N–H and O–H groups in total. The topological polar surface area (TPSA) is 72.8 Å². The fourth-order valence-corrected chi connectivity index (χ4v) is 2.79. The molecule has 1 atom stereocenters. The Morgan fingerprint density at radius 1 is 1.14 bits per heavy atom. The van der Waals surface area contributed by atoms with E-state index in [2.05, 4.69) is 0 Å². The first-order valence-corrected chi connectivity index (χ1v) is 8.11. The van der Waals surface area contributed by atoms with Gasteiger partial charge in [0.25, 0.3) is 10.1 Å². The number of ether oxygens (including phenoxy) is 1. The van der Waals surface area contributed by atoms with Crippen molar-refractivity contribution in [2.75, 3.05) is 13.7 Å². The van der Waals surface area contributed by atoms with Crippen LogP contribution in [0.3, 0.4) is 0 Å². The van der Waals surface area contributed by atoms with Gasteiger partial charge < -0.3 is 9.84 Å². The number of hydrogen-bond acceptors (Lipinski definition) is 5. The molecule has 0 spiro atoms. The highest BCUT2D eigenvalue weighted by Crippen LogP contribution is 2.21. The van der Waals surface area contributed by atoms with Crippen LogP contribution in [0.2, 0.25) is 0 Å². The zero-order valence-corrected chi connectivity index (χ0v) is 13.2. The molecule has 0 radical (unpaired) electrons. The van der Waals surface area contributed by atoms with E-state index < -0.39 is 16.2 Å². The Kier molecular flexibility index (Phi) is 5.18. The lowest BCUT2D eigenvalue weighted by Crippen LogP contribution is -2.13. The first-order valence-electron chi connectivity index (χ1n) is 6.70. The molecular weight excluding hydrogens is 304 g/mol. The van der Waals surface area contributed by atoms with Gasteiger partial charge in [-0.1, -0.05) is 29.8 Å². The lowest BCUT2D eigenvalue weighted by Gasteiger charge is -2.13. The zero-order valence-electron chi connectivity index (χ0n) is 12.4. The summed E-state index contributed by atoms with van der Waals surface area (Å²) in [5.74, 6) is 0.581. The van der Waals surface area contributed by atoms with Crippen molar-refractivity contribution in [3.63, 3.8) is 0 Å². The molecule has 118 valence electrons. The van der Waals surface area contributed by atoms with Crippen LogP contribution in [-0.2, 0) is 14.3 Å². The third-order valence-electron chi connectivity index (χ3n) is 3.17. The van der Waals surface area contributed by atoms with Crippen molar-refractivity contribution in [1.29, 1.82) is 0 Å². The maximum Gasteiger partial charge on any atom is 0.297 e. The van der Waals surface area contributed by atoms with E-state index in [9.17, 15) is 13.5 Å². The third kappa shape index (κ3) is 4.07. The predicted octanol–water partition coefficient (Wildman–Crippen LogP) is 2.44. The predicted molar refractivity (Wildman–Crippen MR) is 82.3 cm³/mol. The molecular formula is C16H18O5S. The minimum absolute atomic E-state index is 0.0657. The molecule has 0 aliphatic rings. The van der Waals surface area contributed by atoms with E-state index in [-0.39, 0.29) is 11.5 Å². The van der Waals surface area contributed by atoms with Crippen LogP contribution < -0.4 is 4.74 Å². The molecule has 1 unspecified atom stereocenters. The second-order valence-corrected chi connectivity index (χ2v) is 6.46. The van der Waals surface area contributed by atoms with Crippen molar-refractivity contribution >= 4 is 10.1 Å². The van der Waals surface area contributed by atoms with Gasteiger partial charge in [0.05, 0.1) is 18.6 Å². The molecule has 0 aliphatic heterocycles. The smallest absolute Gasteiger partial charge is 0.297 e. The number of aryl methyl sites for hydroxylation is 1. The number of aliphatic hydroxyl groups is 1. The molecule has 0 amide bonds. The largest absolute Gasteiger partial charge is 0.497 e. The SMILES string of the molecule is COc1cccc(C(O)COS(=O)(=O)c2ccc(C)cc2)c1. The minimum Gasteiger partial charge on any atom is -0.497 e. The first-order chi connectivity index (χ1) is 10.4. The molecule has 2 rings (SSSR count). The average molecular weight is 322 g/mol. The van der Waals surface area contributed by atoms with Gasteiger partial charge in [-0.25, -0.2) is 0 Å².